The average molecular weight is 194 g/mol. The Labute approximate surface area is 83.8 Å². The number of allylic oxidation sites excluding steroid dienone is 2. The Hall–Kier alpha value is -1.27. The van der Waals surface area contributed by atoms with E-state index in [1.807, 2.05) is 6.08 Å². The number of hydrogen-bond donors (Lipinski definition) is 1. The van der Waals surface area contributed by atoms with Crippen LogP contribution < -0.4 is 0 Å². The summed E-state index contributed by atoms with van der Waals surface area (Å²) in [6, 6.07) is 0. The van der Waals surface area contributed by atoms with E-state index in [1.165, 1.54) is 7.11 Å². The van der Waals surface area contributed by atoms with Gasteiger partial charge in [-0.05, 0) is 25.2 Å². The number of aliphatic hydroxyl groups excluding tert-OH is 1. The molecule has 0 radical (unpaired) electrons. The molecule has 0 aromatic carbocycles. The quantitative estimate of drug-likeness (QED) is 0.292. The molecule has 0 aromatic rings. The van der Waals surface area contributed by atoms with Crippen molar-refractivity contribution in [2.45, 2.75) is 25.4 Å². The van der Waals surface area contributed by atoms with Gasteiger partial charge in [0.15, 0.2) is 0 Å². The van der Waals surface area contributed by atoms with Crippen LogP contribution in [0.25, 0.3) is 0 Å². The molecule has 0 saturated heterocycles. The Bertz CT molecular complexity index is 283. The molecular weight excluding hydrogens is 180 g/mol. The van der Waals surface area contributed by atoms with Crippen LogP contribution in [0.1, 0.15) is 19.3 Å². The van der Waals surface area contributed by atoms with Crippen LogP contribution in [0.4, 0.5) is 0 Å². The van der Waals surface area contributed by atoms with Gasteiger partial charge >= 0.3 is 5.97 Å². The van der Waals surface area contributed by atoms with Crippen molar-refractivity contribution in [3.8, 4) is 11.8 Å². The number of carbonyl (C=O) groups excluding carboxylic acids is 1. The molecule has 0 spiro atoms. The molecule has 76 valence electrons. The van der Waals surface area contributed by atoms with Crippen LogP contribution >= 0.6 is 0 Å². The van der Waals surface area contributed by atoms with Gasteiger partial charge in [-0.2, -0.15) is 0 Å². The first kappa shape index (κ1) is 10.8. The lowest BCUT2D eigenvalue weighted by Gasteiger charge is -2.19. The Morgan fingerprint density at radius 2 is 2.43 bits per heavy atom. The predicted octanol–water partition coefficient (Wildman–Crippen LogP) is 0.880. The Morgan fingerprint density at radius 3 is 3.00 bits per heavy atom. The van der Waals surface area contributed by atoms with Crippen LogP contribution in [0.5, 0.6) is 0 Å². The van der Waals surface area contributed by atoms with Gasteiger partial charge in [0.1, 0.15) is 6.10 Å². The zero-order chi connectivity index (χ0) is 10.4. The predicted molar refractivity (Wildman–Crippen MR) is 52.3 cm³/mol. The molecule has 2 atom stereocenters. The molecular formula is C11H14O3. The monoisotopic (exact) mass is 194 g/mol. The molecule has 1 aliphatic rings. The van der Waals surface area contributed by atoms with Crippen LogP contribution in [0, 0.1) is 17.8 Å². The number of rotatable bonds is 1. The summed E-state index contributed by atoms with van der Waals surface area (Å²) in [6.45, 7) is 0. The molecule has 1 N–H and O–H groups in total. The molecule has 1 aliphatic carbocycles. The van der Waals surface area contributed by atoms with Crippen LogP contribution in [0.3, 0.4) is 0 Å². The Morgan fingerprint density at radius 1 is 1.64 bits per heavy atom. The second kappa shape index (κ2) is 5.46. The highest BCUT2D eigenvalue weighted by Gasteiger charge is 2.17. The lowest BCUT2D eigenvalue weighted by Crippen LogP contribution is -2.19. The third kappa shape index (κ3) is 3.23. The van der Waals surface area contributed by atoms with Crippen LogP contribution in [0.2, 0.25) is 0 Å². The first-order valence-electron chi connectivity index (χ1n) is 4.66. The van der Waals surface area contributed by atoms with E-state index >= 15 is 0 Å². The second-order valence-corrected chi connectivity index (χ2v) is 3.25. The van der Waals surface area contributed by atoms with E-state index in [4.69, 9.17) is 0 Å². The molecule has 3 heteroatoms. The maximum absolute atomic E-state index is 10.7. The molecule has 14 heavy (non-hydrogen) atoms. The van der Waals surface area contributed by atoms with E-state index in [9.17, 15) is 9.90 Å². The number of carbonyl (C=O) groups is 1. The first-order chi connectivity index (χ1) is 6.74. The summed E-state index contributed by atoms with van der Waals surface area (Å²) in [7, 11) is 1.27. The summed E-state index contributed by atoms with van der Waals surface area (Å²) in [5.41, 5.74) is 0. The largest absolute Gasteiger partial charge is 0.459 e. The van der Waals surface area contributed by atoms with E-state index in [-0.39, 0.29) is 5.92 Å². The third-order valence-corrected chi connectivity index (χ3v) is 2.26. The van der Waals surface area contributed by atoms with Gasteiger partial charge in [-0.25, -0.2) is 4.79 Å². The zero-order valence-corrected chi connectivity index (χ0v) is 8.19. The van der Waals surface area contributed by atoms with Crippen LogP contribution in [-0.4, -0.2) is 24.3 Å². The second-order valence-electron chi connectivity index (χ2n) is 3.25. The van der Waals surface area contributed by atoms with E-state index < -0.39 is 12.1 Å². The molecule has 0 saturated carbocycles. The zero-order valence-electron chi connectivity index (χ0n) is 8.19. The van der Waals surface area contributed by atoms with Gasteiger partial charge in [0.2, 0.25) is 0 Å². The molecule has 0 aromatic heterocycles. The van der Waals surface area contributed by atoms with Gasteiger partial charge in [-0.3, -0.25) is 0 Å². The van der Waals surface area contributed by atoms with Crippen molar-refractivity contribution in [2.24, 2.45) is 5.92 Å². The Balaban J connectivity index is 2.47. The molecule has 0 aliphatic heterocycles. The maximum Gasteiger partial charge on any atom is 0.384 e. The summed E-state index contributed by atoms with van der Waals surface area (Å²) >= 11 is 0. The van der Waals surface area contributed by atoms with Gasteiger partial charge in [0, 0.05) is 5.92 Å². The smallest absolute Gasteiger partial charge is 0.384 e. The van der Waals surface area contributed by atoms with Crippen molar-refractivity contribution < 1.29 is 14.6 Å². The lowest BCUT2D eigenvalue weighted by molar-refractivity contribution is -0.133. The van der Waals surface area contributed by atoms with Crippen molar-refractivity contribution in [1.82, 2.24) is 0 Å². The van der Waals surface area contributed by atoms with Gasteiger partial charge in [0.25, 0.3) is 0 Å². The summed E-state index contributed by atoms with van der Waals surface area (Å²) in [5, 5.41) is 9.60. The fourth-order valence-electron chi connectivity index (χ4n) is 1.41. The summed E-state index contributed by atoms with van der Waals surface area (Å²) in [4.78, 5) is 10.7. The fourth-order valence-corrected chi connectivity index (χ4v) is 1.41. The topological polar surface area (TPSA) is 46.5 Å². The lowest BCUT2D eigenvalue weighted by atomic mass is 9.90. The molecule has 3 nitrogen and oxygen atoms in total. The minimum atomic E-state index is -0.723. The maximum atomic E-state index is 10.7. The standard InChI is InChI=1S/C11H14O3/c1-14-11(13)8-7-10(12)9-5-3-2-4-6-9/h2-3,9-10,12H,4-6H2,1H3. The Kier molecular flexibility index (Phi) is 4.21. The summed E-state index contributed by atoms with van der Waals surface area (Å²) in [5.74, 6) is 4.29. The summed E-state index contributed by atoms with van der Waals surface area (Å²) < 4.78 is 4.35. The average Bonchev–Trinajstić information content (AvgIpc) is 2.26. The molecule has 0 bridgehead atoms. The first-order valence-corrected chi connectivity index (χ1v) is 4.66. The normalized spacial score (nSPS) is 22.0. The number of aliphatic hydroxyl groups is 1. The van der Waals surface area contributed by atoms with Crippen LogP contribution in [-0.2, 0) is 9.53 Å². The third-order valence-electron chi connectivity index (χ3n) is 2.26. The van der Waals surface area contributed by atoms with Crippen molar-refractivity contribution in [1.29, 1.82) is 0 Å². The van der Waals surface area contributed by atoms with Crippen molar-refractivity contribution in [2.75, 3.05) is 7.11 Å². The molecule has 0 amide bonds. The van der Waals surface area contributed by atoms with Crippen LogP contribution in [0.15, 0.2) is 12.2 Å². The molecule has 2 unspecified atom stereocenters. The van der Waals surface area contributed by atoms with Gasteiger partial charge in [-0.15, -0.1) is 0 Å². The number of esters is 1. The SMILES string of the molecule is COC(=O)C#CC(O)C1CC=CCC1. The van der Waals surface area contributed by atoms with E-state index in [1.54, 1.807) is 0 Å². The van der Waals surface area contributed by atoms with Gasteiger partial charge in [0.05, 0.1) is 7.11 Å². The minimum Gasteiger partial charge on any atom is -0.459 e. The van der Waals surface area contributed by atoms with E-state index in [2.05, 4.69) is 22.7 Å². The number of ether oxygens (including phenoxy) is 1. The summed E-state index contributed by atoms with van der Waals surface area (Å²) in [6.07, 6.45) is 6.14. The molecule has 1 rings (SSSR count). The highest BCUT2D eigenvalue weighted by Crippen LogP contribution is 2.21. The fraction of sp³-hybridized carbons (Fsp3) is 0.545. The van der Waals surface area contributed by atoms with Crippen molar-refractivity contribution in [3.63, 3.8) is 0 Å². The molecule has 0 fully saturated rings. The van der Waals surface area contributed by atoms with Gasteiger partial charge < -0.3 is 9.84 Å². The minimum absolute atomic E-state index is 0.150. The number of hydrogen-bond acceptors (Lipinski definition) is 3. The highest BCUT2D eigenvalue weighted by molar-refractivity contribution is 5.88. The molecule has 0 heterocycles. The number of methoxy groups -OCH3 is 1. The van der Waals surface area contributed by atoms with Crippen molar-refractivity contribution >= 4 is 5.97 Å². The van der Waals surface area contributed by atoms with E-state index in [0.29, 0.717) is 0 Å². The van der Waals surface area contributed by atoms with E-state index in [0.717, 1.165) is 19.3 Å². The highest BCUT2D eigenvalue weighted by atomic mass is 16.5. The van der Waals surface area contributed by atoms with Gasteiger partial charge in [-0.1, -0.05) is 18.1 Å². The van der Waals surface area contributed by atoms with Crippen molar-refractivity contribution in [3.05, 3.63) is 12.2 Å².